The second kappa shape index (κ2) is 18.1. The monoisotopic (exact) mass is 686 g/mol. The summed E-state index contributed by atoms with van der Waals surface area (Å²) < 4.78 is 0. The minimum Gasteiger partial charge on any atom is -0.481 e. The van der Waals surface area contributed by atoms with Gasteiger partial charge in [0.1, 0.15) is 24.4 Å². The Morgan fingerprint density at radius 3 is 2.04 bits per heavy atom. The van der Waals surface area contributed by atoms with Crippen LogP contribution in [0, 0.1) is 11.8 Å². The van der Waals surface area contributed by atoms with Crippen LogP contribution < -0.4 is 31.9 Å². The number of urea groups is 1. The number of rotatable bonds is 20. The fourth-order valence-corrected chi connectivity index (χ4v) is 7.06. The van der Waals surface area contributed by atoms with E-state index in [-0.39, 0.29) is 42.0 Å². The third-order valence-electron chi connectivity index (χ3n) is 7.75. The fourth-order valence-electron chi connectivity index (χ4n) is 5.32. The molecule has 18 nitrogen and oxygen atoms in total. The third-order valence-corrected chi connectivity index (χ3v) is 9.36. The van der Waals surface area contributed by atoms with E-state index in [9.17, 15) is 53.4 Å². The van der Waals surface area contributed by atoms with E-state index in [1.807, 2.05) is 6.92 Å². The Morgan fingerprint density at radius 1 is 0.851 bits per heavy atom. The van der Waals surface area contributed by atoms with Crippen LogP contribution in [0.3, 0.4) is 0 Å². The largest absolute Gasteiger partial charge is 0.481 e. The molecule has 2 heterocycles. The molecule has 5 unspecified atom stereocenters. The van der Waals surface area contributed by atoms with Crippen LogP contribution in [0.25, 0.3) is 0 Å². The van der Waals surface area contributed by atoms with E-state index in [2.05, 4.69) is 31.9 Å². The van der Waals surface area contributed by atoms with Gasteiger partial charge in [0.15, 0.2) is 0 Å². The molecular formula is C28H42N6O12S. The van der Waals surface area contributed by atoms with Crippen molar-refractivity contribution in [2.45, 2.75) is 101 Å². The molecule has 2 rings (SSSR count). The van der Waals surface area contributed by atoms with Gasteiger partial charge >= 0.3 is 23.9 Å². The molecule has 9 N–H and O–H groups in total. The van der Waals surface area contributed by atoms with Crippen LogP contribution in [-0.2, 0) is 38.4 Å². The summed E-state index contributed by atoms with van der Waals surface area (Å²) >= 11 is 1.59. The van der Waals surface area contributed by atoms with Gasteiger partial charge in [-0.2, -0.15) is 11.8 Å². The lowest BCUT2D eigenvalue weighted by molar-refractivity contribution is -0.142. The highest BCUT2D eigenvalue weighted by molar-refractivity contribution is 8.00. The van der Waals surface area contributed by atoms with Gasteiger partial charge in [0.25, 0.3) is 0 Å². The predicted octanol–water partition coefficient (Wildman–Crippen LogP) is -1.82. The Morgan fingerprint density at radius 2 is 1.49 bits per heavy atom. The van der Waals surface area contributed by atoms with Gasteiger partial charge in [-0.25, -0.2) is 4.79 Å². The summed E-state index contributed by atoms with van der Waals surface area (Å²) in [5.41, 5.74) is 0. The number of hydrogen-bond acceptors (Lipinski definition) is 10. The molecule has 0 bridgehead atoms. The maximum atomic E-state index is 13.3. The number of thioether (sulfide) groups is 1. The Bertz CT molecular complexity index is 1230. The number of fused-ring (bicyclic) bond motifs is 1. The summed E-state index contributed by atoms with van der Waals surface area (Å²) in [4.78, 5) is 109. The molecule has 47 heavy (non-hydrogen) atoms. The maximum Gasteiger partial charge on any atom is 0.315 e. The van der Waals surface area contributed by atoms with E-state index >= 15 is 0 Å². The lowest BCUT2D eigenvalue weighted by atomic mass is 9.91. The molecule has 2 aliphatic heterocycles. The maximum absolute atomic E-state index is 13.3. The average molecular weight is 687 g/mol. The van der Waals surface area contributed by atoms with Crippen molar-refractivity contribution in [2.24, 2.45) is 11.8 Å². The van der Waals surface area contributed by atoms with Crippen molar-refractivity contribution >= 4 is 65.6 Å². The van der Waals surface area contributed by atoms with Gasteiger partial charge in [0, 0.05) is 23.8 Å². The Balaban J connectivity index is 2.16. The lowest BCUT2D eigenvalue weighted by Crippen LogP contribution is -2.59. The first kappa shape index (κ1) is 38.8. The first-order valence-electron chi connectivity index (χ1n) is 15.1. The second-order valence-corrected chi connectivity index (χ2v) is 12.9. The second-order valence-electron chi connectivity index (χ2n) is 11.7. The Hall–Kier alpha value is -4.42. The van der Waals surface area contributed by atoms with E-state index in [4.69, 9.17) is 5.11 Å². The lowest BCUT2D eigenvalue weighted by Gasteiger charge is -2.28. The molecule has 0 radical (unpaired) electrons. The molecule has 0 aliphatic carbocycles. The summed E-state index contributed by atoms with van der Waals surface area (Å²) in [6.45, 7) is 4.93. The van der Waals surface area contributed by atoms with Gasteiger partial charge in [-0.3, -0.25) is 33.6 Å². The van der Waals surface area contributed by atoms with Crippen molar-refractivity contribution < 1.29 is 58.5 Å². The number of aldehydes is 1. The highest BCUT2D eigenvalue weighted by Gasteiger charge is 2.46. The zero-order chi connectivity index (χ0) is 35.4. The molecule has 19 heteroatoms. The van der Waals surface area contributed by atoms with E-state index in [0.717, 1.165) is 0 Å². The van der Waals surface area contributed by atoms with Gasteiger partial charge in [-0.15, -0.1) is 0 Å². The number of carbonyl (C=O) groups excluding carboxylic acids is 6. The topological polar surface area (TPSA) is 286 Å². The van der Waals surface area contributed by atoms with Crippen molar-refractivity contribution in [3.8, 4) is 0 Å². The van der Waals surface area contributed by atoms with Crippen LogP contribution in [0.2, 0.25) is 0 Å². The van der Waals surface area contributed by atoms with E-state index in [1.54, 1.807) is 11.8 Å². The first-order valence-corrected chi connectivity index (χ1v) is 16.1. The minimum atomic E-state index is -1.65. The molecular weight excluding hydrogens is 644 g/mol. The molecule has 2 saturated heterocycles. The van der Waals surface area contributed by atoms with Crippen molar-refractivity contribution in [3.63, 3.8) is 0 Å². The third kappa shape index (κ3) is 12.0. The fraction of sp³-hybridized carbons (Fsp3) is 0.679. The molecule has 2 fully saturated rings. The van der Waals surface area contributed by atoms with Crippen molar-refractivity contribution in [3.05, 3.63) is 0 Å². The summed E-state index contributed by atoms with van der Waals surface area (Å²) in [5.74, 6) is -7.97. The van der Waals surface area contributed by atoms with E-state index in [1.165, 1.54) is 13.8 Å². The van der Waals surface area contributed by atoms with Crippen molar-refractivity contribution in [1.82, 2.24) is 31.9 Å². The molecule has 0 aromatic heterocycles. The molecule has 0 aromatic carbocycles. The van der Waals surface area contributed by atoms with Crippen LogP contribution >= 0.6 is 11.8 Å². The molecule has 6 amide bonds. The number of nitrogens with one attached hydrogen (secondary N) is 6. The predicted molar refractivity (Wildman–Crippen MR) is 164 cm³/mol. The zero-order valence-corrected chi connectivity index (χ0v) is 27.0. The number of amides is 6. The number of carboxylic acid groups (broad SMARTS) is 3. The zero-order valence-electron chi connectivity index (χ0n) is 26.1. The number of carboxylic acids is 3. The van der Waals surface area contributed by atoms with Crippen LogP contribution in [0.15, 0.2) is 0 Å². The number of hydrogen-bond donors (Lipinski definition) is 9. The highest BCUT2D eigenvalue weighted by atomic mass is 32.2. The minimum absolute atomic E-state index is 0.0889. The number of carbonyl (C=O) groups is 9. The van der Waals surface area contributed by atoms with E-state index in [0.29, 0.717) is 12.2 Å². The summed E-state index contributed by atoms with van der Waals surface area (Å²) in [7, 11) is 0. The van der Waals surface area contributed by atoms with Gasteiger partial charge < -0.3 is 52.0 Å². The van der Waals surface area contributed by atoms with Crippen LogP contribution in [0.5, 0.6) is 0 Å². The highest BCUT2D eigenvalue weighted by Crippen LogP contribution is 2.37. The van der Waals surface area contributed by atoms with Gasteiger partial charge in [0.2, 0.25) is 23.6 Å². The molecule has 0 aromatic rings. The normalized spacial score (nSPS) is 21.4. The Labute approximate surface area is 274 Å². The summed E-state index contributed by atoms with van der Waals surface area (Å²) in [6, 6.07) is -6.56. The average Bonchev–Trinajstić information content (AvgIpc) is 3.53. The molecule has 0 saturated carbocycles. The van der Waals surface area contributed by atoms with Gasteiger partial charge in [-0.1, -0.05) is 27.2 Å². The van der Waals surface area contributed by atoms with Crippen LogP contribution in [-0.4, -0.2) is 116 Å². The number of aliphatic carboxylic acids is 3. The van der Waals surface area contributed by atoms with Gasteiger partial charge in [0.05, 0.1) is 31.0 Å². The Kier molecular flexibility index (Phi) is 14.9. The van der Waals surface area contributed by atoms with Crippen molar-refractivity contribution in [1.29, 1.82) is 0 Å². The molecule has 262 valence electrons. The smallest absolute Gasteiger partial charge is 0.315 e. The van der Waals surface area contributed by atoms with Crippen molar-refractivity contribution in [2.75, 3.05) is 5.75 Å². The molecule has 8 atom stereocenters. The van der Waals surface area contributed by atoms with Crippen LogP contribution in [0.4, 0.5) is 4.79 Å². The summed E-state index contributed by atoms with van der Waals surface area (Å²) in [5, 5.41) is 42.4. The quantitative estimate of drug-likeness (QED) is 0.0504. The summed E-state index contributed by atoms with van der Waals surface area (Å²) in [6.07, 6.45) is -1.98. The SMILES string of the molecule is CCC(CC(=O)N[C@@H](CC(=O)O)C(=O)N[C@@H](CCC(=O)O)C(=O)N[C@H](C(=O)NC(C=O)CC(=O)O)C(C)C)C1SCC2NC(=O)NC21. The molecule has 0 spiro atoms. The van der Waals surface area contributed by atoms with Gasteiger partial charge in [-0.05, 0) is 18.3 Å². The first-order chi connectivity index (χ1) is 22.1. The van der Waals surface area contributed by atoms with Crippen LogP contribution in [0.1, 0.15) is 59.3 Å². The van der Waals surface area contributed by atoms with E-state index < -0.39 is 97.3 Å². The standard InChI is InChI=1S/C28H42N6O12S/c1-4-13(24-23-17(11-47-24)32-28(46)34-23)7-18(36)30-16(9-21(41)42)26(44)31-15(5-6-19(37)38)25(43)33-22(12(2)3)27(45)29-14(10-35)8-20(39)40/h10,12-17,22-24H,4-9,11H2,1-3H3,(H,29,45)(H,30,36)(H,31,44)(H,33,43)(H,37,38)(H,39,40)(H,41,42)(H2,32,34,46)/t13?,14?,15-,16-,17?,22-,23?,24?/m0/s1. The molecule has 2 aliphatic rings.